The second kappa shape index (κ2) is 8.68. The number of allylic oxidation sites excluding steroid dienone is 1. The van der Waals surface area contributed by atoms with Crippen molar-refractivity contribution in [2.45, 2.75) is 25.8 Å². The minimum absolute atomic E-state index is 0.109. The molecule has 2 aromatic rings. The monoisotopic (exact) mass is 434 g/mol. The van der Waals surface area contributed by atoms with Gasteiger partial charge in [0.25, 0.3) is 0 Å². The molecule has 0 aromatic heterocycles. The Kier molecular flexibility index (Phi) is 6.24. The van der Waals surface area contributed by atoms with Crippen LogP contribution in [0.25, 0.3) is 5.70 Å². The minimum atomic E-state index is 0.109. The Balaban J connectivity index is 1.74. The Morgan fingerprint density at radius 1 is 1.18 bits per heavy atom. The van der Waals surface area contributed by atoms with Crippen LogP contribution in [-0.2, 0) is 0 Å². The molecule has 1 fully saturated rings. The van der Waals surface area contributed by atoms with E-state index < -0.39 is 0 Å². The number of hydrogen-bond donors (Lipinski definition) is 1. The molecule has 1 saturated carbocycles. The van der Waals surface area contributed by atoms with Crippen molar-refractivity contribution in [3.05, 3.63) is 74.6 Å². The number of halogens is 2. The van der Waals surface area contributed by atoms with Gasteiger partial charge in [-0.15, -0.1) is 11.8 Å². The van der Waals surface area contributed by atoms with Crippen LogP contribution in [0.1, 0.15) is 36.9 Å². The molecule has 6 heteroatoms. The first-order valence-corrected chi connectivity index (χ1v) is 11.3. The number of aliphatic hydroxyl groups excluding tert-OH is 1. The third kappa shape index (κ3) is 4.07. The lowest BCUT2D eigenvalue weighted by molar-refractivity contribution is -0.0172. The summed E-state index contributed by atoms with van der Waals surface area (Å²) >= 11 is 14.5. The number of hydrazine groups is 1. The van der Waals surface area contributed by atoms with E-state index >= 15 is 0 Å². The van der Waals surface area contributed by atoms with Crippen molar-refractivity contribution in [2.24, 2.45) is 5.92 Å². The van der Waals surface area contributed by atoms with Gasteiger partial charge in [-0.25, -0.2) is 5.01 Å². The topological polar surface area (TPSA) is 26.7 Å². The van der Waals surface area contributed by atoms with Crippen LogP contribution in [-0.4, -0.2) is 34.2 Å². The predicted molar refractivity (Wildman–Crippen MR) is 119 cm³/mol. The van der Waals surface area contributed by atoms with Crippen molar-refractivity contribution in [3.8, 4) is 0 Å². The van der Waals surface area contributed by atoms with Crippen LogP contribution in [0, 0.1) is 5.92 Å². The molecule has 148 valence electrons. The molecule has 0 spiro atoms. The van der Waals surface area contributed by atoms with E-state index in [0.717, 1.165) is 17.1 Å². The van der Waals surface area contributed by atoms with E-state index in [1.165, 1.54) is 23.3 Å². The smallest absolute Gasteiger partial charge is 0.0846 e. The third-order valence-corrected chi connectivity index (χ3v) is 6.90. The zero-order valence-electron chi connectivity index (χ0n) is 15.8. The molecule has 0 saturated heterocycles. The van der Waals surface area contributed by atoms with E-state index in [9.17, 15) is 5.11 Å². The highest BCUT2D eigenvalue weighted by Crippen LogP contribution is 2.49. The Morgan fingerprint density at radius 2 is 1.93 bits per heavy atom. The van der Waals surface area contributed by atoms with Gasteiger partial charge in [-0.2, -0.15) is 0 Å². The summed E-state index contributed by atoms with van der Waals surface area (Å²) in [5.41, 5.74) is 3.40. The van der Waals surface area contributed by atoms with Crippen molar-refractivity contribution < 1.29 is 5.11 Å². The van der Waals surface area contributed by atoms with Gasteiger partial charge in [0.2, 0.25) is 0 Å². The molecule has 2 aromatic carbocycles. The number of rotatable bonds is 7. The SMILES string of the molecule is CC1=C(c2ccc(Cl)cc2Cl)N(N(CCO)C(c2ccccc2)C2CC2)CS1. The minimum Gasteiger partial charge on any atom is -0.395 e. The zero-order chi connectivity index (χ0) is 19.7. The Bertz CT molecular complexity index is 870. The predicted octanol–water partition coefficient (Wildman–Crippen LogP) is 6.05. The largest absolute Gasteiger partial charge is 0.395 e. The lowest BCUT2D eigenvalue weighted by Gasteiger charge is -2.41. The molecule has 0 amide bonds. The fraction of sp³-hybridized carbons (Fsp3) is 0.364. The van der Waals surface area contributed by atoms with Crippen molar-refractivity contribution in [3.63, 3.8) is 0 Å². The van der Waals surface area contributed by atoms with Gasteiger partial charge in [0, 0.05) is 22.0 Å². The standard InChI is InChI=1S/C22H24Cl2N2OS/c1-15-21(19-10-9-18(23)13-20(19)24)26(14-28-15)25(11-12-27)22(17-7-8-17)16-5-3-2-4-6-16/h2-6,9-10,13,17,22,27H,7-8,11-12,14H2,1H3. The van der Waals surface area contributed by atoms with Gasteiger partial charge in [-0.1, -0.05) is 53.5 Å². The van der Waals surface area contributed by atoms with E-state index in [-0.39, 0.29) is 12.6 Å². The molecule has 1 aliphatic heterocycles. The van der Waals surface area contributed by atoms with Crippen LogP contribution in [0.3, 0.4) is 0 Å². The van der Waals surface area contributed by atoms with Crippen LogP contribution in [0.2, 0.25) is 10.0 Å². The summed E-state index contributed by atoms with van der Waals surface area (Å²) in [6.07, 6.45) is 2.45. The molecule has 3 nitrogen and oxygen atoms in total. The summed E-state index contributed by atoms with van der Waals surface area (Å²) in [6, 6.07) is 16.6. The Labute approximate surface area is 180 Å². The first-order chi connectivity index (χ1) is 13.6. The van der Waals surface area contributed by atoms with Crippen molar-refractivity contribution in [1.29, 1.82) is 0 Å². The van der Waals surface area contributed by atoms with E-state index in [1.807, 2.05) is 23.9 Å². The van der Waals surface area contributed by atoms with E-state index in [0.29, 0.717) is 22.5 Å². The maximum atomic E-state index is 9.87. The molecular weight excluding hydrogens is 411 g/mol. The third-order valence-electron chi connectivity index (χ3n) is 5.35. The van der Waals surface area contributed by atoms with Crippen molar-refractivity contribution in [1.82, 2.24) is 10.0 Å². The first kappa shape index (κ1) is 20.1. The van der Waals surface area contributed by atoms with Gasteiger partial charge < -0.3 is 5.11 Å². The zero-order valence-corrected chi connectivity index (χ0v) is 18.1. The molecule has 28 heavy (non-hydrogen) atoms. The van der Waals surface area contributed by atoms with Crippen LogP contribution in [0.15, 0.2) is 53.4 Å². The highest BCUT2D eigenvalue weighted by molar-refractivity contribution is 8.03. The number of aliphatic hydroxyl groups is 1. The van der Waals surface area contributed by atoms with Crippen LogP contribution in [0.4, 0.5) is 0 Å². The molecule has 1 heterocycles. The normalized spacial score (nSPS) is 18.2. The first-order valence-electron chi connectivity index (χ1n) is 9.59. The van der Waals surface area contributed by atoms with Gasteiger partial charge >= 0.3 is 0 Å². The molecule has 1 N–H and O–H groups in total. The van der Waals surface area contributed by atoms with E-state index in [2.05, 4.69) is 47.3 Å². The summed E-state index contributed by atoms with van der Waals surface area (Å²) in [5.74, 6) is 1.43. The molecule has 2 aliphatic rings. The summed E-state index contributed by atoms with van der Waals surface area (Å²) in [4.78, 5) is 1.23. The maximum Gasteiger partial charge on any atom is 0.0846 e. The molecule has 1 aliphatic carbocycles. The second-order valence-corrected chi connectivity index (χ2v) is 9.28. The van der Waals surface area contributed by atoms with Crippen molar-refractivity contribution >= 4 is 40.7 Å². The highest BCUT2D eigenvalue weighted by Gasteiger charge is 2.40. The Morgan fingerprint density at radius 3 is 2.57 bits per heavy atom. The second-order valence-electron chi connectivity index (χ2n) is 7.28. The highest BCUT2D eigenvalue weighted by atomic mass is 35.5. The molecule has 1 unspecified atom stereocenters. The van der Waals surface area contributed by atoms with E-state index in [1.54, 1.807) is 6.07 Å². The summed E-state index contributed by atoms with van der Waals surface area (Å²) in [5, 5.41) is 15.8. The van der Waals surface area contributed by atoms with Gasteiger partial charge in [0.1, 0.15) is 0 Å². The Hall–Kier alpha value is -1.17. The number of thioether (sulfide) groups is 1. The quantitative estimate of drug-likeness (QED) is 0.573. The van der Waals surface area contributed by atoms with Crippen LogP contribution >= 0.6 is 35.0 Å². The van der Waals surface area contributed by atoms with Gasteiger partial charge in [-0.05, 0) is 49.4 Å². The molecular formula is C22H24Cl2N2OS. The maximum absolute atomic E-state index is 9.87. The molecule has 4 rings (SSSR count). The fourth-order valence-electron chi connectivity index (χ4n) is 3.95. The number of nitrogens with zero attached hydrogens (tertiary/aromatic N) is 2. The summed E-state index contributed by atoms with van der Waals surface area (Å²) in [7, 11) is 0. The lowest BCUT2D eigenvalue weighted by atomic mass is 10.0. The van der Waals surface area contributed by atoms with Gasteiger partial charge in [-0.3, -0.25) is 5.01 Å². The lowest BCUT2D eigenvalue weighted by Crippen LogP contribution is -2.44. The average Bonchev–Trinajstić information content (AvgIpc) is 3.45. The number of hydrogen-bond acceptors (Lipinski definition) is 4. The van der Waals surface area contributed by atoms with Crippen LogP contribution < -0.4 is 0 Å². The fourth-order valence-corrected chi connectivity index (χ4v) is 5.39. The van der Waals surface area contributed by atoms with E-state index in [4.69, 9.17) is 23.2 Å². The van der Waals surface area contributed by atoms with Gasteiger partial charge in [0.15, 0.2) is 0 Å². The summed E-state index contributed by atoms with van der Waals surface area (Å²) in [6.45, 7) is 2.83. The van der Waals surface area contributed by atoms with Crippen LogP contribution in [0.5, 0.6) is 0 Å². The van der Waals surface area contributed by atoms with Crippen molar-refractivity contribution in [2.75, 3.05) is 19.0 Å². The summed E-state index contributed by atoms with van der Waals surface area (Å²) < 4.78 is 0. The number of benzene rings is 2. The average molecular weight is 435 g/mol. The molecule has 0 radical (unpaired) electrons. The molecule has 0 bridgehead atoms. The van der Waals surface area contributed by atoms with Gasteiger partial charge in [0.05, 0.1) is 29.2 Å². The molecule has 1 atom stereocenters.